The third-order valence-corrected chi connectivity index (χ3v) is 5.86. The lowest BCUT2D eigenvalue weighted by atomic mass is 10.2. The molecule has 0 saturated carbocycles. The number of nitrogens with one attached hydrogen (secondary N) is 1. The zero-order valence-electron chi connectivity index (χ0n) is 14.0. The summed E-state index contributed by atoms with van der Waals surface area (Å²) in [6, 6.07) is 20.1. The summed E-state index contributed by atoms with van der Waals surface area (Å²) < 4.78 is 22.9. The number of hydrogen-bond donors (Lipinski definition) is 1. The molecular formula is C20H17NO3S2. The fourth-order valence-electron chi connectivity index (χ4n) is 2.33. The van der Waals surface area contributed by atoms with Crippen molar-refractivity contribution in [1.82, 2.24) is 0 Å². The lowest BCUT2D eigenvalue weighted by Crippen LogP contribution is -2.07. The van der Waals surface area contributed by atoms with Crippen LogP contribution in [0.5, 0.6) is 0 Å². The molecule has 132 valence electrons. The van der Waals surface area contributed by atoms with E-state index in [4.69, 9.17) is 0 Å². The zero-order chi connectivity index (χ0) is 18.6. The van der Waals surface area contributed by atoms with E-state index in [2.05, 4.69) is 5.32 Å². The summed E-state index contributed by atoms with van der Waals surface area (Å²) >= 11 is 1.61. The van der Waals surface area contributed by atoms with Crippen LogP contribution in [-0.4, -0.2) is 20.6 Å². The molecule has 3 rings (SSSR count). The molecule has 0 atom stereocenters. The second kappa shape index (κ2) is 7.68. The molecule has 6 heteroatoms. The van der Waals surface area contributed by atoms with Gasteiger partial charge in [-0.3, -0.25) is 4.79 Å². The van der Waals surface area contributed by atoms with Crippen LogP contribution in [0.4, 0.5) is 5.69 Å². The molecule has 1 heterocycles. The first-order valence-electron chi connectivity index (χ1n) is 7.86. The Morgan fingerprint density at radius 3 is 2.31 bits per heavy atom. The van der Waals surface area contributed by atoms with Crippen LogP contribution >= 0.6 is 11.3 Å². The number of benzene rings is 2. The first-order chi connectivity index (χ1) is 12.4. The van der Waals surface area contributed by atoms with Gasteiger partial charge in [-0.1, -0.05) is 30.3 Å². The van der Waals surface area contributed by atoms with Crippen molar-refractivity contribution in [2.45, 2.75) is 4.90 Å². The molecule has 0 unspecified atom stereocenters. The minimum atomic E-state index is -3.24. The Bertz CT molecular complexity index is 1030. The van der Waals surface area contributed by atoms with E-state index in [1.807, 2.05) is 42.5 Å². The van der Waals surface area contributed by atoms with Gasteiger partial charge in [0.15, 0.2) is 9.84 Å². The van der Waals surface area contributed by atoms with Gasteiger partial charge in [0, 0.05) is 27.8 Å². The van der Waals surface area contributed by atoms with Gasteiger partial charge in [-0.2, -0.15) is 0 Å². The Hall–Kier alpha value is -2.70. The summed E-state index contributed by atoms with van der Waals surface area (Å²) in [5.74, 6) is -0.272. The number of rotatable bonds is 5. The largest absolute Gasteiger partial charge is 0.323 e. The number of thiophene rings is 1. The Balaban J connectivity index is 1.64. The molecule has 1 aromatic heterocycles. The van der Waals surface area contributed by atoms with Crippen LogP contribution in [0, 0.1) is 0 Å². The van der Waals surface area contributed by atoms with Crippen LogP contribution in [-0.2, 0) is 14.6 Å². The van der Waals surface area contributed by atoms with Crippen molar-refractivity contribution in [2.24, 2.45) is 0 Å². The molecule has 26 heavy (non-hydrogen) atoms. The fourth-order valence-corrected chi connectivity index (χ4v) is 3.87. The monoisotopic (exact) mass is 383 g/mol. The van der Waals surface area contributed by atoms with Crippen molar-refractivity contribution in [3.05, 3.63) is 77.7 Å². The fraction of sp³-hybridized carbons (Fsp3) is 0.0500. The quantitative estimate of drug-likeness (QED) is 0.661. The van der Waals surface area contributed by atoms with E-state index in [1.165, 1.54) is 18.2 Å². The molecule has 0 radical (unpaired) electrons. The van der Waals surface area contributed by atoms with Crippen molar-refractivity contribution in [3.63, 3.8) is 0 Å². The van der Waals surface area contributed by atoms with Crippen molar-refractivity contribution in [3.8, 4) is 10.4 Å². The summed E-state index contributed by atoms with van der Waals surface area (Å²) in [7, 11) is -3.24. The number of hydrogen-bond acceptors (Lipinski definition) is 4. The highest BCUT2D eigenvalue weighted by molar-refractivity contribution is 7.90. The SMILES string of the molecule is CS(=O)(=O)c1ccc(NC(=O)/C=C/c2ccc(-c3ccccc3)s2)cc1. The van der Waals surface area contributed by atoms with E-state index in [0.29, 0.717) is 5.69 Å². The average molecular weight is 383 g/mol. The number of amides is 1. The standard InChI is InChI=1S/C20H17NO3S2/c1-26(23,24)18-11-7-16(8-12-18)21-20(22)14-10-17-9-13-19(25-17)15-5-3-2-4-6-15/h2-14H,1H3,(H,21,22)/b14-10+. The topological polar surface area (TPSA) is 63.2 Å². The summed E-state index contributed by atoms with van der Waals surface area (Å²) in [5, 5.41) is 2.71. The second-order valence-electron chi connectivity index (χ2n) is 5.69. The van der Waals surface area contributed by atoms with Gasteiger partial charge < -0.3 is 5.32 Å². The number of anilines is 1. The summed E-state index contributed by atoms with van der Waals surface area (Å²) in [4.78, 5) is 14.4. The lowest BCUT2D eigenvalue weighted by Gasteiger charge is -2.03. The van der Waals surface area contributed by atoms with Gasteiger partial charge in [-0.25, -0.2) is 8.42 Å². The van der Waals surface area contributed by atoms with Gasteiger partial charge in [-0.15, -0.1) is 11.3 Å². The molecule has 0 aliphatic carbocycles. The van der Waals surface area contributed by atoms with Crippen LogP contribution in [0.2, 0.25) is 0 Å². The minimum Gasteiger partial charge on any atom is -0.323 e. The molecule has 0 bridgehead atoms. The predicted molar refractivity (Wildman–Crippen MR) is 107 cm³/mol. The molecule has 0 aliphatic rings. The highest BCUT2D eigenvalue weighted by Gasteiger charge is 2.07. The Morgan fingerprint density at radius 1 is 0.962 bits per heavy atom. The third-order valence-electron chi connectivity index (χ3n) is 3.63. The van der Waals surface area contributed by atoms with Gasteiger partial charge in [0.05, 0.1) is 4.90 Å². The molecule has 3 aromatic rings. The maximum absolute atomic E-state index is 12.0. The van der Waals surface area contributed by atoms with E-state index < -0.39 is 9.84 Å². The maximum Gasteiger partial charge on any atom is 0.248 e. The molecule has 0 aliphatic heterocycles. The highest BCUT2D eigenvalue weighted by Crippen LogP contribution is 2.28. The van der Waals surface area contributed by atoms with E-state index >= 15 is 0 Å². The van der Waals surface area contributed by atoms with E-state index in [9.17, 15) is 13.2 Å². The van der Waals surface area contributed by atoms with Gasteiger partial charge in [0.1, 0.15) is 0 Å². The molecule has 1 amide bonds. The Morgan fingerprint density at radius 2 is 1.65 bits per heavy atom. The smallest absolute Gasteiger partial charge is 0.248 e. The van der Waals surface area contributed by atoms with Crippen LogP contribution < -0.4 is 5.32 Å². The molecule has 0 saturated heterocycles. The molecule has 0 spiro atoms. The van der Waals surface area contributed by atoms with Crippen LogP contribution in [0.3, 0.4) is 0 Å². The molecule has 4 nitrogen and oxygen atoms in total. The van der Waals surface area contributed by atoms with Crippen LogP contribution in [0.25, 0.3) is 16.5 Å². The molecule has 0 fully saturated rings. The average Bonchev–Trinajstić information content (AvgIpc) is 3.09. The highest BCUT2D eigenvalue weighted by atomic mass is 32.2. The Labute approximate surface area is 156 Å². The summed E-state index contributed by atoms with van der Waals surface area (Å²) in [5.41, 5.74) is 1.69. The molecular weight excluding hydrogens is 366 g/mol. The van der Waals surface area contributed by atoms with E-state index in [0.717, 1.165) is 21.6 Å². The maximum atomic E-state index is 12.0. The third kappa shape index (κ3) is 4.68. The van der Waals surface area contributed by atoms with Gasteiger partial charge in [-0.05, 0) is 48.0 Å². The Kier molecular flexibility index (Phi) is 5.35. The number of sulfone groups is 1. The molecule has 1 N–H and O–H groups in total. The minimum absolute atomic E-state index is 0.220. The number of carbonyl (C=O) groups is 1. The zero-order valence-corrected chi connectivity index (χ0v) is 15.7. The predicted octanol–water partition coefficient (Wildman–Crippen LogP) is 4.47. The van der Waals surface area contributed by atoms with Crippen molar-refractivity contribution < 1.29 is 13.2 Å². The first kappa shape index (κ1) is 18.1. The first-order valence-corrected chi connectivity index (χ1v) is 10.6. The van der Waals surface area contributed by atoms with E-state index in [1.54, 1.807) is 29.5 Å². The summed E-state index contributed by atoms with van der Waals surface area (Å²) in [6.07, 6.45) is 4.37. The van der Waals surface area contributed by atoms with Gasteiger partial charge in [0.2, 0.25) is 5.91 Å². The van der Waals surface area contributed by atoms with Gasteiger partial charge in [0.25, 0.3) is 0 Å². The van der Waals surface area contributed by atoms with Crippen molar-refractivity contribution >= 4 is 38.8 Å². The normalized spacial score (nSPS) is 11.6. The summed E-state index contributed by atoms with van der Waals surface area (Å²) in [6.45, 7) is 0. The van der Waals surface area contributed by atoms with Crippen LogP contribution in [0.1, 0.15) is 4.88 Å². The van der Waals surface area contributed by atoms with Gasteiger partial charge >= 0.3 is 0 Å². The molecule has 2 aromatic carbocycles. The number of carbonyl (C=O) groups excluding carboxylic acids is 1. The van der Waals surface area contributed by atoms with Crippen LogP contribution in [0.15, 0.2) is 77.7 Å². The van der Waals surface area contributed by atoms with Crippen molar-refractivity contribution in [2.75, 3.05) is 11.6 Å². The lowest BCUT2D eigenvalue weighted by molar-refractivity contribution is -0.111. The second-order valence-corrected chi connectivity index (χ2v) is 8.82. The van der Waals surface area contributed by atoms with Crippen molar-refractivity contribution in [1.29, 1.82) is 0 Å². The van der Waals surface area contributed by atoms with E-state index in [-0.39, 0.29) is 10.8 Å².